The molecule has 0 fully saturated rings. The van der Waals surface area contributed by atoms with Crippen LogP contribution in [0, 0.1) is 5.92 Å². The molecule has 1 aromatic rings. The highest BCUT2D eigenvalue weighted by Gasteiger charge is 2.25. The highest BCUT2D eigenvalue weighted by atomic mass is 15.2. The molecule has 0 amide bonds. The third-order valence-electron chi connectivity index (χ3n) is 4.42. The molecular weight excluding hydrogens is 284 g/mol. The molecule has 0 spiro atoms. The predicted molar refractivity (Wildman–Crippen MR) is 98.5 cm³/mol. The molecule has 23 heavy (non-hydrogen) atoms. The molecule has 4 nitrogen and oxygen atoms in total. The normalized spacial score (nSPS) is 17.0. The summed E-state index contributed by atoms with van der Waals surface area (Å²) in [6, 6.07) is 9.16. The van der Waals surface area contributed by atoms with Crippen LogP contribution < -0.4 is 11.1 Å². The Hall–Kier alpha value is -1.81. The summed E-state index contributed by atoms with van der Waals surface area (Å²) < 4.78 is 0. The van der Waals surface area contributed by atoms with Crippen LogP contribution in [0.15, 0.2) is 41.4 Å². The fourth-order valence-corrected chi connectivity index (χ4v) is 3.04. The van der Waals surface area contributed by atoms with E-state index in [9.17, 15) is 0 Å². The Labute approximate surface area is 140 Å². The van der Waals surface area contributed by atoms with E-state index < -0.39 is 0 Å². The summed E-state index contributed by atoms with van der Waals surface area (Å²) in [5.74, 6) is 1.05. The standard InChI is InChI=1S/C19H30N4/c1-14(2)11-21-19(20)22-12-18(15(3)4)23-10-9-16-7-5-6-8-17(16)13-23/h5-8,15,18H,1,9-13H2,2-4H3,(H3,20,21,22). The molecule has 126 valence electrons. The Morgan fingerprint density at radius 1 is 1.35 bits per heavy atom. The first-order valence-corrected chi connectivity index (χ1v) is 8.46. The molecule has 1 aromatic carbocycles. The summed E-state index contributed by atoms with van der Waals surface area (Å²) in [5, 5.41) is 3.10. The molecular formula is C19H30N4. The molecule has 0 saturated carbocycles. The van der Waals surface area contributed by atoms with Crippen molar-refractivity contribution >= 4 is 5.96 Å². The zero-order valence-corrected chi connectivity index (χ0v) is 14.7. The number of guanidine groups is 1. The van der Waals surface area contributed by atoms with Gasteiger partial charge in [-0.3, -0.25) is 9.89 Å². The van der Waals surface area contributed by atoms with E-state index in [0.717, 1.165) is 31.6 Å². The first-order chi connectivity index (χ1) is 11.0. The second-order valence-corrected chi connectivity index (χ2v) is 6.84. The van der Waals surface area contributed by atoms with Crippen molar-refractivity contribution < 1.29 is 0 Å². The van der Waals surface area contributed by atoms with E-state index in [1.54, 1.807) is 0 Å². The summed E-state index contributed by atoms with van der Waals surface area (Å²) in [4.78, 5) is 7.09. The Bertz CT molecular complexity index is 562. The third kappa shape index (κ3) is 5.10. The second-order valence-electron chi connectivity index (χ2n) is 6.84. The highest BCUT2D eigenvalue weighted by molar-refractivity contribution is 5.78. The number of nitrogens with one attached hydrogen (secondary N) is 1. The second kappa shape index (κ2) is 8.16. The van der Waals surface area contributed by atoms with Gasteiger partial charge in [0.05, 0.1) is 6.54 Å². The van der Waals surface area contributed by atoms with E-state index in [-0.39, 0.29) is 0 Å². The number of nitrogens with two attached hydrogens (primary N) is 1. The van der Waals surface area contributed by atoms with Crippen molar-refractivity contribution in [2.24, 2.45) is 16.6 Å². The Balaban J connectivity index is 1.99. The smallest absolute Gasteiger partial charge is 0.188 e. The van der Waals surface area contributed by atoms with Gasteiger partial charge in [0.1, 0.15) is 0 Å². The molecule has 1 aliphatic heterocycles. The molecule has 0 saturated heterocycles. The van der Waals surface area contributed by atoms with Crippen molar-refractivity contribution in [2.45, 2.75) is 39.8 Å². The van der Waals surface area contributed by atoms with Gasteiger partial charge in [-0.1, -0.05) is 50.3 Å². The van der Waals surface area contributed by atoms with Gasteiger partial charge in [0.25, 0.3) is 0 Å². The maximum Gasteiger partial charge on any atom is 0.188 e. The lowest BCUT2D eigenvalue weighted by Gasteiger charge is -2.37. The molecule has 3 N–H and O–H groups in total. The molecule has 1 atom stereocenters. The Kier molecular flexibility index (Phi) is 6.22. The highest BCUT2D eigenvalue weighted by Crippen LogP contribution is 2.23. The van der Waals surface area contributed by atoms with Gasteiger partial charge in [0, 0.05) is 25.7 Å². The van der Waals surface area contributed by atoms with Crippen molar-refractivity contribution in [3.63, 3.8) is 0 Å². The number of aliphatic imine (C=N–C) groups is 1. The van der Waals surface area contributed by atoms with Gasteiger partial charge in [-0.15, -0.1) is 0 Å². The van der Waals surface area contributed by atoms with Crippen LogP contribution in [-0.2, 0) is 13.0 Å². The molecule has 0 aromatic heterocycles. The lowest BCUT2D eigenvalue weighted by molar-refractivity contribution is 0.144. The van der Waals surface area contributed by atoms with Crippen molar-refractivity contribution in [1.82, 2.24) is 10.2 Å². The first-order valence-electron chi connectivity index (χ1n) is 8.46. The number of benzene rings is 1. The van der Waals surface area contributed by atoms with Crippen molar-refractivity contribution in [2.75, 3.05) is 19.6 Å². The zero-order chi connectivity index (χ0) is 16.8. The average Bonchev–Trinajstić information content (AvgIpc) is 2.52. The average molecular weight is 314 g/mol. The molecule has 1 unspecified atom stereocenters. The molecule has 1 heterocycles. The van der Waals surface area contributed by atoms with Crippen LogP contribution in [0.5, 0.6) is 0 Å². The van der Waals surface area contributed by atoms with E-state index in [1.165, 1.54) is 11.1 Å². The number of hydrogen-bond donors (Lipinski definition) is 2. The Morgan fingerprint density at radius 3 is 2.70 bits per heavy atom. The maximum absolute atomic E-state index is 5.96. The first kappa shape index (κ1) is 17.5. The zero-order valence-electron chi connectivity index (χ0n) is 14.7. The van der Waals surface area contributed by atoms with Crippen LogP contribution in [-0.4, -0.2) is 36.5 Å². The lowest BCUT2D eigenvalue weighted by atomic mass is 9.95. The molecule has 0 aliphatic carbocycles. The van der Waals surface area contributed by atoms with E-state index in [0.29, 0.717) is 24.5 Å². The minimum atomic E-state index is 0.411. The summed E-state index contributed by atoms with van der Waals surface area (Å²) >= 11 is 0. The fourth-order valence-electron chi connectivity index (χ4n) is 3.04. The largest absolute Gasteiger partial charge is 0.370 e. The number of nitrogens with zero attached hydrogens (tertiary/aromatic N) is 2. The molecule has 0 radical (unpaired) electrons. The summed E-state index contributed by atoms with van der Waals surface area (Å²) in [7, 11) is 0. The van der Waals surface area contributed by atoms with Crippen molar-refractivity contribution in [3.8, 4) is 0 Å². The molecule has 4 heteroatoms. The van der Waals surface area contributed by atoms with Gasteiger partial charge in [-0.2, -0.15) is 0 Å². The van der Waals surface area contributed by atoms with E-state index in [4.69, 9.17) is 5.73 Å². The lowest BCUT2D eigenvalue weighted by Crippen LogP contribution is -2.45. The maximum atomic E-state index is 5.96. The fraction of sp³-hybridized carbons (Fsp3) is 0.526. The number of hydrogen-bond acceptors (Lipinski definition) is 2. The summed E-state index contributed by atoms with van der Waals surface area (Å²) in [6.07, 6.45) is 1.12. The van der Waals surface area contributed by atoms with Gasteiger partial charge in [0.2, 0.25) is 0 Å². The van der Waals surface area contributed by atoms with Gasteiger partial charge in [-0.05, 0) is 30.4 Å². The van der Waals surface area contributed by atoms with Crippen LogP contribution in [0.4, 0.5) is 0 Å². The van der Waals surface area contributed by atoms with Crippen molar-refractivity contribution in [3.05, 3.63) is 47.5 Å². The van der Waals surface area contributed by atoms with E-state index in [2.05, 4.69) is 59.9 Å². The topological polar surface area (TPSA) is 53.6 Å². The number of fused-ring (bicyclic) bond motifs is 1. The quantitative estimate of drug-likeness (QED) is 0.482. The minimum Gasteiger partial charge on any atom is -0.370 e. The molecule has 0 bridgehead atoms. The van der Waals surface area contributed by atoms with Gasteiger partial charge >= 0.3 is 0 Å². The third-order valence-corrected chi connectivity index (χ3v) is 4.42. The van der Waals surface area contributed by atoms with Crippen LogP contribution in [0.2, 0.25) is 0 Å². The number of rotatable bonds is 6. The monoisotopic (exact) mass is 314 g/mol. The minimum absolute atomic E-state index is 0.411. The summed E-state index contributed by atoms with van der Waals surface area (Å²) in [6.45, 7) is 13.9. The van der Waals surface area contributed by atoms with Gasteiger partial charge < -0.3 is 11.1 Å². The van der Waals surface area contributed by atoms with Crippen LogP contribution in [0.1, 0.15) is 31.9 Å². The molecule has 1 aliphatic rings. The van der Waals surface area contributed by atoms with Gasteiger partial charge in [-0.25, -0.2) is 0 Å². The molecule has 2 rings (SSSR count). The van der Waals surface area contributed by atoms with Crippen LogP contribution in [0.25, 0.3) is 0 Å². The van der Waals surface area contributed by atoms with Crippen LogP contribution >= 0.6 is 0 Å². The Morgan fingerprint density at radius 2 is 2.04 bits per heavy atom. The SMILES string of the molecule is C=C(C)CNC(N)=NCC(C(C)C)N1CCc2ccccc2C1. The predicted octanol–water partition coefficient (Wildman–Crippen LogP) is 2.55. The summed E-state index contributed by atoms with van der Waals surface area (Å²) in [5.41, 5.74) is 9.94. The van der Waals surface area contributed by atoms with E-state index in [1.807, 2.05) is 6.92 Å². The van der Waals surface area contributed by atoms with Gasteiger partial charge in [0.15, 0.2) is 5.96 Å². The van der Waals surface area contributed by atoms with Crippen LogP contribution in [0.3, 0.4) is 0 Å². The van der Waals surface area contributed by atoms with E-state index >= 15 is 0 Å². The van der Waals surface area contributed by atoms with Crippen molar-refractivity contribution in [1.29, 1.82) is 0 Å².